The number of hydrogen-bond donors (Lipinski definition) is 0. The molecule has 3 rings (SSSR count). The number of nitrogens with zero attached hydrogens (tertiary/aromatic N) is 2. The summed E-state index contributed by atoms with van der Waals surface area (Å²) >= 11 is 6.09. The fourth-order valence-corrected chi connectivity index (χ4v) is 3.78. The summed E-state index contributed by atoms with van der Waals surface area (Å²) in [5.41, 5.74) is 1.72. The van der Waals surface area contributed by atoms with E-state index < -0.39 is 0 Å². The number of nitriles is 1. The lowest BCUT2D eigenvalue weighted by molar-refractivity contribution is 0.480. The molecule has 0 aromatic heterocycles. The van der Waals surface area contributed by atoms with E-state index in [-0.39, 0.29) is 0 Å². The second-order valence-electron chi connectivity index (χ2n) is 5.83. The van der Waals surface area contributed by atoms with Crippen LogP contribution in [0.2, 0.25) is 5.02 Å². The van der Waals surface area contributed by atoms with Crippen LogP contribution in [0.25, 0.3) is 0 Å². The lowest BCUT2D eigenvalue weighted by Gasteiger charge is -2.23. The van der Waals surface area contributed by atoms with Crippen LogP contribution in [0, 0.1) is 35.0 Å². The van der Waals surface area contributed by atoms with Crippen LogP contribution in [0.15, 0.2) is 18.2 Å². The number of piperidine rings is 1. The van der Waals surface area contributed by atoms with Gasteiger partial charge in [0.15, 0.2) is 0 Å². The van der Waals surface area contributed by atoms with Crippen molar-refractivity contribution in [3.63, 3.8) is 0 Å². The molecular formula is C15H17ClN2. The third-order valence-electron chi connectivity index (χ3n) is 4.47. The normalized spacial score (nSPS) is 29.3. The summed E-state index contributed by atoms with van der Waals surface area (Å²) < 4.78 is 0. The number of rotatable bonds is 2. The Kier molecular flexibility index (Phi) is 2.75. The summed E-state index contributed by atoms with van der Waals surface area (Å²) in [6.07, 6.45) is 0. The highest BCUT2D eigenvalue weighted by Crippen LogP contribution is 2.56. The van der Waals surface area contributed by atoms with Crippen LogP contribution in [0.5, 0.6) is 0 Å². The summed E-state index contributed by atoms with van der Waals surface area (Å²) in [7, 11) is 0. The van der Waals surface area contributed by atoms with Gasteiger partial charge in [-0.2, -0.15) is 5.26 Å². The second-order valence-corrected chi connectivity index (χ2v) is 6.24. The van der Waals surface area contributed by atoms with Crippen LogP contribution in [0.1, 0.15) is 19.4 Å². The van der Waals surface area contributed by atoms with Gasteiger partial charge in [0.2, 0.25) is 0 Å². The van der Waals surface area contributed by atoms with Gasteiger partial charge in [0.25, 0.3) is 0 Å². The van der Waals surface area contributed by atoms with E-state index in [0.717, 1.165) is 42.4 Å². The van der Waals surface area contributed by atoms with Gasteiger partial charge in [0.05, 0.1) is 10.6 Å². The summed E-state index contributed by atoms with van der Waals surface area (Å²) in [4.78, 5) is 2.40. The van der Waals surface area contributed by atoms with Crippen molar-refractivity contribution in [2.75, 3.05) is 18.0 Å². The maximum absolute atomic E-state index is 8.87. The van der Waals surface area contributed by atoms with Gasteiger partial charge in [-0.15, -0.1) is 0 Å². The summed E-state index contributed by atoms with van der Waals surface area (Å²) in [5, 5.41) is 9.44. The Labute approximate surface area is 113 Å². The molecule has 0 radical (unpaired) electrons. The molecule has 1 aliphatic heterocycles. The minimum atomic E-state index is 0.560. The minimum Gasteiger partial charge on any atom is -0.371 e. The first-order chi connectivity index (χ1) is 8.61. The van der Waals surface area contributed by atoms with Gasteiger partial charge >= 0.3 is 0 Å². The average Bonchev–Trinajstić information content (AvgIpc) is 2.86. The van der Waals surface area contributed by atoms with Gasteiger partial charge in [-0.3, -0.25) is 0 Å². The molecule has 1 heterocycles. The van der Waals surface area contributed by atoms with Crippen LogP contribution in [0.3, 0.4) is 0 Å². The predicted molar refractivity (Wildman–Crippen MR) is 73.7 cm³/mol. The molecule has 94 valence electrons. The number of fused-ring (bicyclic) bond motifs is 1. The topological polar surface area (TPSA) is 27.0 Å². The number of halogens is 1. The Morgan fingerprint density at radius 2 is 2.00 bits per heavy atom. The monoisotopic (exact) mass is 260 g/mol. The molecule has 1 aliphatic carbocycles. The molecule has 2 unspecified atom stereocenters. The van der Waals surface area contributed by atoms with E-state index in [9.17, 15) is 0 Å². The lowest BCUT2D eigenvalue weighted by atomic mass is 10.0. The molecule has 2 nitrogen and oxygen atoms in total. The number of hydrogen-bond acceptors (Lipinski definition) is 2. The van der Waals surface area contributed by atoms with E-state index in [1.807, 2.05) is 18.2 Å². The zero-order chi connectivity index (χ0) is 12.9. The molecule has 0 amide bonds. The van der Waals surface area contributed by atoms with Gasteiger partial charge < -0.3 is 4.90 Å². The van der Waals surface area contributed by atoms with Gasteiger partial charge in [0.1, 0.15) is 6.07 Å². The maximum atomic E-state index is 8.87. The molecule has 2 aliphatic rings. The van der Waals surface area contributed by atoms with Crippen LogP contribution in [0.4, 0.5) is 5.69 Å². The van der Waals surface area contributed by atoms with Gasteiger partial charge in [0, 0.05) is 18.8 Å². The average molecular weight is 261 g/mol. The van der Waals surface area contributed by atoms with Crippen molar-refractivity contribution in [2.24, 2.45) is 23.7 Å². The van der Waals surface area contributed by atoms with E-state index in [4.69, 9.17) is 16.9 Å². The molecule has 1 aromatic rings. The Balaban J connectivity index is 1.72. The Morgan fingerprint density at radius 1 is 1.33 bits per heavy atom. The van der Waals surface area contributed by atoms with E-state index in [1.54, 1.807) is 0 Å². The zero-order valence-corrected chi connectivity index (χ0v) is 11.5. The molecule has 1 saturated carbocycles. The summed E-state index contributed by atoms with van der Waals surface area (Å²) in [6.45, 7) is 6.95. The van der Waals surface area contributed by atoms with Crippen molar-refractivity contribution in [3.8, 4) is 6.07 Å². The molecule has 18 heavy (non-hydrogen) atoms. The molecule has 1 saturated heterocycles. The highest BCUT2D eigenvalue weighted by Gasteiger charge is 2.56. The van der Waals surface area contributed by atoms with Crippen molar-refractivity contribution >= 4 is 17.3 Å². The molecule has 0 N–H and O–H groups in total. The van der Waals surface area contributed by atoms with Crippen molar-refractivity contribution in [1.29, 1.82) is 5.26 Å². The molecule has 2 atom stereocenters. The molecule has 1 aromatic carbocycles. The SMILES string of the molecule is CC(C)C1C2CN(c3ccc(C#N)c(Cl)c3)CC21. The fraction of sp³-hybridized carbons (Fsp3) is 0.533. The van der Waals surface area contributed by atoms with Crippen LogP contribution in [-0.2, 0) is 0 Å². The Bertz CT molecular complexity index is 506. The Hall–Kier alpha value is -1.20. The predicted octanol–water partition coefficient (Wildman–Crippen LogP) is 3.55. The van der Waals surface area contributed by atoms with Crippen LogP contribution in [-0.4, -0.2) is 13.1 Å². The van der Waals surface area contributed by atoms with Gasteiger partial charge in [-0.25, -0.2) is 0 Å². The van der Waals surface area contributed by atoms with Crippen LogP contribution >= 0.6 is 11.6 Å². The first-order valence-electron chi connectivity index (χ1n) is 6.56. The first-order valence-corrected chi connectivity index (χ1v) is 6.94. The minimum absolute atomic E-state index is 0.560. The molecule has 2 fully saturated rings. The van der Waals surface area contributed by atoms with Gasteiger partial charge in [-0.1, -0.05) is 25.4 Å². The quantitative estimate of drug-likeness (QED) is 0.813. The highest BCUT2D eigenvalue weighted by atomic mass is 35.5. The highest BCUT2D eigenvalue weighted by molar-refractivity contribution is 6.32. The van der Waals surface area contributed by atoms with E-state index in [2.05, 4.69) is 24.8 Å². The largest absolute Gasteiger partial charge is 0.371 e. The van der Waals surface area contributed by atoms with Crippen LogP contribution < -0.4 is 4.90 Å². The molecule has 0 spiro atoms. The van der Waals surface area contributed by atoms with E-state index in [1.165, 1.54) is 0 Å². The lowest BCUT2D eigenvalue weighted by Crippen LogP contribution is -2.24. The standard InChI is InChI=1S/C15H17ClN2/c1-9(2)15-12-7-18(8-13(12)15)11-4-3-10(6-17)14(16)5-11/h3-5,9,12-13,15H,7-8H2,1-2H3. The first kappa shape index (κ1) is 11.9. The number of benzene rings is 1. The maximum Gasteiger partial charge on any atom is 0.101 e. The smallest absolute Gasteiger partial charge is 0.101 e. The number of anilines is 1. The summed E-state index contributed by atoms with van der Waals surface area (Å²) in [5.74, 6) is 3.49. The second kappa shape index (κ2) is 4.17. The van der Waals surface area contributed by atoms with Crippen molar-refractivity contribution < 1.29 is 0 Å². The van der Waals surface area contributed by atoms with E-state index >= 15 is 0 Å². The van der Waals surface area contributed by atoms with Crippen molar-refractivity contribution in [3.05, 3.63) is 28.8 Å². The third-order valence-corrected chi connectivity index (χ3v) is 4.78. The fourth-order valence-electron chi connectivity index (χ4n) is 3.56. The van der Waals surface area contributed by atoms with Crippen molar-refractivity contribution in [1.82, 2.24) is 0 Å². The van der Waals surface area contributed by atoms with E-state index in [0.29, 0.717) is 10.6 Å². The zero-order valence-electron chi connectivity index (χ0n) is 10.7. The Morgan fingerprint density at radius 3 is 2.50 bits per heavy atom. The third kappa shape index (κ3) is 1.78. The summed E-state index contributed by atoms with van der Waals surface area (Å²) in [6, 6.07) is 7.86. The van der Waals surface area contributed by atoms with Gasteiger partial charge in [-0.05, 0) is 41.9 Å². The molecular weight excluding hydrogens is 244 g/mol. The molecule has 3 heteroatoms. The van der Waals surface area contributed by atoms with Crippen molar-refractivity contribution in [2.45, 2.75) is 13.8 Å². The molecule has 0 bridgehead atoms.